The standard InChI is InChI=1S/C13H18N2O2/c1-17-9-10-4-2-5-11(8-10)15-13(16)12-6-3-7-14-12/h2,4-5,8,12,14H,3,6-7,9H2,1H3,(H,15,16). The van der Waals surface area contributed by atoms with Crippen LogP contribution in [-0.2, 0) is 16.1 Å². The van der Waals surface area contributed by atoms with Gasteiger partial charge in [-0.3, -0.25) is 4.79 Å². The van der Waals surface area contributed by atoms with Gasteiger partial charge in [-0.1, -0.05) is 12.1 Å². The van der Waals surface area contributed by atoms with Gasteiger partial charge in [0.25, 0.3) is 0 Å². The van der Waals surface area contributed by atoms with Crippen LogP contribution in [0, 0.1) is 0 Å². The molecule has 4 heteroatoms. The summed E-state index contributed by atoms with van der Waals surface area (Å²) in [6.07, 6.45) is 1.99. The van der Waals surface area contributed by atoms with E-state index in [4.69, 9.17) is 4.74 Å². The fourth-order valence-electron chi connectivity index (χ4n) is 2.04. The second-order valence-electron chi connectivity index (χ2n) is 4.27. The monoisotopic (exact) mass is 234 g/mol. The van der Waals surface area contributed by atoms with Gasteiger partial charge in [0.1, 0.15) is 0 Å². The van der Waals surface area contributed by atoms with Gasteiger partial charge in [0, 0.05) is 12.8 Å². The van der Waals surface area contributed by atoms with Crippen molar-refractivity contribution in [2.24, 2.45) is 0 Å². The van der Waals surface area contributed by atoms with Crippen LogP contribution in [0.15, 0.2) is 24.3 Å². The van der Waals surface area contributed by atoms with Crippen molar-refractivity contribution in [3.05, 3.63) is 29.8 Å². The summed E-state index contributed by atoms with van der Waals surface area (Å²) < 4.78 is 5.06. The molecule has 1 amide bonds. The highest BCUT2D eigenvalue weighted by molar-refractivity contribution is 5.95. The molecule has 0 spiro atoms. The molecule has 1 aliphatic rings. The summed E-state index contributed by atoms with van der Waals surface area (Å²) in [5, 5.41) is 6.11. The second kappa shape index (κ2) is 5.80. The third-order valence-corrected chi connectivity index (χ3v) is 2.88. The summed E-state index contributed by atoms with van der Waals surface area (Å²) in [5.74, 6) is 0.0528. The van der Waals surface area contributed by atoms with Crippen molar-refractivity contribution >= 4 is 11.6 Å². The highest BCUT2D eigenvalue weighted by Crippen LogP contribution is 2.13. The smallest absolute Gasteiger partial charge is 0.241 e. The Morgan fingerprint density at radius 1 is 1.59 bits per heavy atom. The summed E-state index contributed by atoms with van der Waals surface area (Å²) in [6, 6.07) is 7.70. The first kappa shape index (κ1) is 12.1. The molecule has 1 aromatic carbocycles. The number of carbonyl (C=O) groups is 1. The number of carbonyl (C=O) groups excluding carboxylic acids is 1. The van der Waals surface area contributed by atoms with Gasteiger partial charge in [-0.25, -0.2) is 0 Å². The molecule has 1 aromatic rings. The van der Waals surface area contributed by atoms with Crippen LogP contribution in [0.1, 0.15) is 18.4 Å². The van der Waals surface area contributed by atoms with Crippen molar-refractivity contribution < 1.29 is 9.53 Å². The normalized spacial score (nSPS) is 19.2. The minimum Gasteiger partial charge on any atom is -0.380 e. The minimum atomic E-state index is -0.0407. The molecular formula is C13H18N2O2. The number of methoxy groups -OCH3 is 1. The first-order valence-corrected chi connectivity index (χ1v) is 5.92. The van der Waals surface area contributed by atoms with Gasteiger partial charge < -0.3 is 15.4 Å². The van der Waals surface area contributed by atoms with E-state index in [1.54, 1.807) is 7.11 Å². The van der Waals surface area contributed by atoms with Gasteiger partial charge in [0.2, 0.25) is 5.91 Å². The van der Waals surface area contributed by atoms with Crippen LogP contribution in [0.4, 0.5) is 5.69 Å². The first-order chi connectivity index (χ1) is 8.29. The number of rotatable bonds is 4. The van der Waals surface area contributed by atoms with E-state index >= 15 is 0 Å². The molecule has 0 saturated carbocycles. The van der Waals surface area contributed by atoms with Crippen molar-refractivity contribution in [2.75, 3.05) is 19.0 Å². The van der Waals surface area contributed by atoms with E-state index in [1.165, 1.54) is 0 Å². The van der Waals surface area contributed by atoms with Crippen LogP contribution in [0.3, 0.4) is 0 Å². The molecule has 0 radical (unpaired) electrons. The molecule has 4 nitrogen and oxygen atoms in total. The number of anilines is 1. The zero-order chi connectivity index (χ0) is 12.1. The molecule has 1 unspecified atom stereocenters. The number of hydrogen-bond acceptors (Lipinski definition) is 3. The highest BCUT2D eigenvalue weighted by Gasteiger charge is 2.21. The molecule has 2 N–H and O–H groups in total. The SMILES string of the molecule is COCc1cccc(NC(=O)C2CCCN2)c1. The molecule has 1 heterocycles. The van der Waals surface area contributed by atoms with E-state index in [1.807, 2.05) is 24.3 Å². The maximum absolute atomic E-state index is 11.9. The van der Waals surface area contributed by atoms with Gasteiger partial charge in [-0.05, 0) is 37.1 Å². The molecule has 0 aromatic heterocycles. The summed E-state index contributed by atoms with van der Waals surface area (Å²) in [5.41, 5.74) is 1.89. The number of ether oxygens (including phenoxy) is 1. The molecule has 1 aliphatic heterocycles. The Morgan fingerprint density at radius 3 is 3.18 bits per heavy atom. The molecule has 1 saturated heterocycles. The van der Waals surface area contributed by atoms with Gasteiger partial charge in [0.05, 0.1) is 12.6 Å². The molecule has 1 atom stereocenters. The molecule has 17 heavy (non-hydrogen) atoms. The molecule has 92 valence electrons. The van der Waals surface area contributed by atoms with Gasteiger partial charge in [-0.2, -0.15) is 0 Å². The van der Waals surface area contributed by atoms with Crippen LogP contribution in [-0.4, -0.2) is 25.6 Å². The van der Waals surface area contributed by atoms with Crippen molar-refractivity contribution in [2.45, 2.75) is 25.5 Å². The van der Waals surface area contributed by atoms with Gasteiger partial charge in [-0.15, -0.1) is 0 Å². The molecule has 0 bridgehead atoms. The van der Waals surface area contributed by atoms with E-state index in [0.29, 0.717) is 6.61 Å². The third-order valence-electron chi connectivity index (χ3n) is 2.88. The molecule has 1 fully saturated rings. The Bertz CT molecular complexity index is 387. The summed E-state index contributed by atoms with van der Waals surface area (Å²) >= 11 is 0. The van der Waals surface area contributed by atoms with Crippen LogP contribution in [0.5, 0.6) is 0 Å². The van der Waals surface area contributed by atoms with E-state index in [2.05, 4.69) is 10.6 Å². The topological polar surface area (TPSA) is 50.4 Å². The Kier molecular flexibility index (Phi) is 4.12. The Hall–Kier alpha value is -1.39. The minimum absolute atomic E-state index is 0.0407. The highest BCUT2D eigenvalue weighted by atomic mass is 16.5. The summed E-state index contributed by atoms with van der Waals surface area (Å²) in [7, 11) is 1.66. The number of amides is 1. The summed E-state index contributed by atoms with van der Waals surface area (Å²) in [6.45, 7) is 1.49. The lowest BCUT2D eigenvalue weighted by atomic mass is 10.2. The largest absolute Gasteiger partial charge is 0.380 e. The van der Waals surface area contributed by atoms with Crippen molar-refractivity contribution in [3.8, 4) is 0 Å². The summed E-state index contributed by atoms with van der Waals surface area (Å²) in [4.78, 5) is 11.9. The maximum atomic E-state index is 11.9. The lowest BCUT2D eigenvalue weighted by molar-refractivity contribution is -0.117. The van der Waals surface area contributed by atoms with E-state index in [-0.39, 0.29) is 11.9 Å². The van der Waals surface area contributed by atoms with Crippen molar-refractivity contribution in [1.29, 1.82) is 0 Å². The van der Waals surface area contributed by atoms with Crippen LogP contribution >= 0.6 is 0 Å². The lowest BCUT2D eigenvalue weighted by Gasteiger charge is -2.11. The van der Waals surface area contributed by atoms with E-state index in [0.717, 1.165) is 30.6 Å². The predicted molar refractivity (Wildman–Crippen MR) is 66.8 cm³/mol. The van der Waals surface area contributed by atoms with Crippen molar-refractivity contribution in [3.63, 3.8) is 0 Å². The average molecular weight is 234 g/mol. The van der Waals surface area contributed by atoms with E-state index < -0.39 is 0 Å². The fourth-order valence-corrected chi connectivity index (χ4v) is 2.04. The third kappa shape index (κ3) is 3.28. The predicted octanol–water partition coefficient (Wildman–Crippen LogP) is 1.52. The van der Waals surface area contributed by atoms with Gasteiger partial charge >= 0.3 is 0 Å². The molecule has 0 aliphatic carbocycles. The molecule has 2 rings (SSSR count). The Balaban J connectivity index is 1.97. The Morgan fingerprint density at radius 2 is 2.47 bits per heavy atom. The maximum Gasteiger partial charge on any atom is 0.241 e. The number of nitrogens with one attached hydrogen (secondary N) is 2. The quantitative estimate of drug-likeness (QED) is 0.830. The van der Waals surface area contributed by atoms with Crippen molar-refractivity contribution in [1.82, 2.24) is 5.32 Å². The Labute approximate surface area is 101 Å². The van der Waals surface area contributed by atoms with Crippen LogP contribution in [0.2, 0.25) is 0 Å². The average Bonchev–Trinajstić information content (AvgIpc) is 2.83. The van der Waals surface area contributed by atoms with Crippen LogP contribution in [0.25, 0.3) is 0 Å². The number of hydrogen-bond donors (Lipinski definition) is 2. The van der Waals surface area contributed by atoms with E-state index in [9.17, 15) is 4.79 Å². The molecular weight excluding hydrogens is 216 g/mol. The first-order valence-electron chi connectivity index (χ1n) is 5.92. The lowest BCUT2D eigenvalue weighted by Crippen LogP contribution is -2.35. The number of benzene rings is 1. The second-order valence-corrected chi connectivity index (χ2v) is 4.27. The van der Waals surface area contributed by atoms with Crippen LogP contribution < -0.4 is 10.6 Å². The zero-order valence-electron chi connectivity index (χ0n) is 10.0. The van der Waals surface area contributed by atoms with Gasteiger partial charge in [0.15, 0.2) is 0 Å². The zero-order valence-corrected chi connectivity index (χ0v) is 10.0. The fraction of sp³-hybridized carbons (Fsp3) is 0.462.